The zero-order valence-corrected chi connectivity index (χ0v) is 5.43. The molecule has 5 heteroatoms. The monoisotopic (exact) mass is 171 g/mol. The van der Waals surface area contributed by atoms with Crippen LogP contribution in [0.25, 0.3) is 0 Å². The van der Waals surface area contributed by atoms with Crippen LogP contribution in [0.5, 0.6) is 0 Å². The van der Waals surface area contributed by atoms with Gasteiger partial charge in [0.2, 0.25) is 0 Å². The first-order valence-corrected chi connectivity index (χ1v) is 0.548. The van der Waals surface area contributed by atoms with E-state index >= 15 is 0 Å². The summed E-state index contributed by atoms with van der Waals surface area (Å²) in [4.78, 5) is 0. The van der Waals surface area contributed by atoms with Gasteiger partial charge in [-0.1, -0.05) is 0 Å². The van der Waals surface area contributed by atoms with Crippen molar-refractivity contribution in [1.82, 2.24) is 0 Å². The molecule has 0 aliphatic heterocycles. The largest absolute Gasteiger partial charge is 0.261 e. The minimum Gasteiger partial charge on any atom is -0.261 e. The molecule has 0 aliphatic rings. The van der Waals surface area contributed by atoms with Crippen LogP contribution in [0.4, 0.5) is 0 Å². The molecule has 0 aliphatic carbocycles. The predicted molar refractivity (Wildman–Crippen MR) is 13.4 cm³/mol. The Bertz CT molecular complexity index is 11.6. The van der Waals surface area contributed by atoms with E-state index in [1.165, 1.54) is 0 Å². The summed E-state index contributed by atoms with van der Waals surface area (Å²) >= 11 is 0. The Labute approximate surface area is 65.6 Å². The molecule has 0 spiro atoms. The zero-order chi connectivity index (χ0) is 2.00. The minimum absolute atomic E-state index is 0. The molecule has 1 nitrogen and oxygen atoms in total. The summed E-state index contributed by atoms with van der Waals surface area (Å²) in [7, 11) is 2.28. The van der Waals surface area contributed by atoms with Gasteiger partial charge in [0, 0.05) is 52.1 Å². The molecule has 0 aromatic heterocycles. The predicted octanol–water partition coefficient (Wildman–Crippen LogP) is 0.357. The van der Waals surface area contributed by atoms with Gasteiger partial charge in [-0.2, -0.15) is 0 Å². The third-order valence-corrected chi connectivity index (χ3v) is 0. The van der Waals surface area contributed by atoms with Gasteiger partial charge in [0.1, 0.15) is 0 Å². The van der Waals surface area contributed by atoms with Crippen molar-refractivity contribution in [2.45, 2.75) is 0 Å². The van der Waals surface area contributed by atoms with E-state index in [4.69, 9.17) is 4.57 Å². The van der Waals surface area contributed by atoms with Gasteiger partial charge in [0.05, 0.1) is 0 Å². The van der Waals surface area contributed by atoms with E-state index in [1.54, 1.807) is 0 Å². The van der Waals surface area contributed by atoms with E-state index in [2.05, 4.69) is 9.12 Å². The topological polar surface area (TPSA) is 17.1 Å². The summed E-state index contributed by atoms with van der Waals surface area (Å²) in [5, 5.41) is 0. The maximum Gasteiger partial charge on any atom is 0.261 e. The molecule has 5 heavy (non-hydrogen) atoms. The molecule has 0 amide bonds. The zero-order valence-electron chi connectivity index (χ0n) is 2.51. The molecular weight excluding hydrogens is 172 g/mol. The van der Waals surface area contributed by atoms with E-state index in [9.17, 15) is 0 Å². The maximum absolute atomic E-state index is 7.94. The van der Waals surface area contributed by atoms with Gasteiger partial charge < -0.3 is 0 Å². The summed E-state index contributed by atoms with van der Waals surface area (Å²) in [6, 6.07) is 0. The Morgan fingerprint density at radius 1 is 1.20 bits per heavy atom. The van der Waals surface area contributed by atoms with Crippen molar-refractivity contribution < 1.29 is 37.8 Å². The molecule has 0 atom stereocenters. The van der Waals surface area contributed by atoms with Crippen LogP contribution in [-0.4, -0.2) is 18.9 Å². The summed E-state index contributed by atoms with van der Waals surface area (Å²) in [6.07, 6.45) is 0. The van der Waals surface area contributed by atoms with Crippen molar-refractivity contribution in [1.29, 1.82) is 0 Å². The molecule has 0 heterocycles. The average Bonchev–Trinajstić information content (AvgIpc) is 1.00. The van der Waals surface area contributed by atoms with E-state index in [0.29, 0.717) is 0 Å². The Kier molecular flexibility index (Phi) is 261. The average molecular weight is 172 g/mol. The Morgan fingerprint density at radius 2 is 1.20 bits per heavy atom. The second-order valence-corrected chi connectivity index (χ2v) is 0. The van der Waals surface area contributed by atoms with Crippen LogP contribution in [0.15, 0.2) is 0 Å². The molecule has 0 aromatic rings. The van der Waals surface area contributed by atoms with Crippen LogP contribution in [0, 0.1) is 0 Å². The Hall–Kier alpha value is 1.70. The fraction of sp³-hybridized carbons (Fsp3) is 0. The van der Waals surface area contributed by atoms with Crippen LogP contribution in [0.1, 0.15) is 0 Å². The molecule has 0 N–H and O–H groups in total. The molecule has 0 saturated carbocycles. The second kappa shape index (κ2) is 43.6. The first kappa shape index (κ1) is 29.9. The number of hydrogen-bond donors (Lipinski definition) is 0. The first-order chi connectivity index (χ1) is 1.00. The molecule has 0 bridgehead atoms. The van der Waals surface area contributed by atoms with Gasteiger partial charge in [-0.3, -0.25) is 4.57 Å². The second-order valence-electron chi connectivity index (χ2n) is 0. The SMILES string of the molecule is O=[P].[Co].[Li].[Ni]. The van der Waals surface area contributed by atoms with Gasteiger partial charge in [0.25, 0.3) is 9.12 Å². The van der Waals surface area contributed by atoms with Gasteiger partial charge in [-0.25, -0.2) is 0 Å². The van der Waals surface area contributed by atoms with E-state index in [1.807, 2.05) is 0 Å². The Balaban J connectivity index is -0.00000000167. The van der Waals surface area contributed by atoms with Crippen LogP contribution < -0.4 is 0 Å². The van der Waals surface area contributed by atoms with Gasteiger partial charge >= 0.3 is 0 Å². The number of rotatable bonds is 0. The molecule has 0 unspecified atom stereocenters. The van der Waals surface area contributed by atoms with Crippen molar-refractivity contribution in [3.8, 4) is 0 Å². The summed E-state index contributed by atoms with van der Waals surface area (Å²) in [5.74, 6) is 0. The van der Waals surface area contributed by atoms with Crippen molar-refractivity contribution in [2.75, 3.05) is 0 Å². The van der Waals surface area contributed by atoms with Crippen molar-refractivity contribution in [2.24, 2.45) is 0 Å². The maximum atomic E-state index is 7.94. The van der Waals surface area contributed by atoms with Crippen LogP contribution in [-0.2, 0) is 37.8 Å². The third-order valence-electron chi connectivity index (χ3n) is 0. The van der Waals surface area contributed by atoms with E-state index < -0.39 is 0 Å². The van der Waals surface area contributed by atoms with E-state index in [0.717, 1.165) is 0 Å². The van der Waals surface area contributed by atoms with Crippen LogP contribution >= 0.6 is 9.12 Å². The molecule has 0 aromatic carbocycles. The summed E-state index contributed by atoms with van der Waals surface area (Å²) in [5.41, 5.74) is 0. The molecule has 0 rings (SSSR count). The Morgan fingerprint density at radius 3 is 1.20 bits per heavy atom. The molecule has 3 radical (unpaired) electrons. The minimum atomic E-state index is 0. The quantitative estimate of drug-likeness (QED) is 0.380. The van der Waals surface area contributed by atoms with Crippen LogP contribution in [0.3, 0.4) is 0 Å². The molecule has 0 saturated heterocycles. The van der Waals surface area contributed by atoms with Crippen LogP contribution in [0.2, 0.25) is 0 Å². The fourth-order valence-electron chi connectivity index (χ4n) is 0. The third kappa shape index (κ3) is 27.0. The summed E-state index contributed by atoms with van der Waals surface area (Å²) < 4.78 is 7.94. The number of hydrogen-bond acceptors (Lipinski definition) is 1. The van der Waals surface area contributed by atoms with Crippen molar-refractivity contribution in [3.05, 3.63) is 0 Å². The van der Waals surface area contributed by atoms with E-state index in [-0.39, 0.29) is 52.1 Å². The van der Waals surface area contributed by atoms with Gasteiger partial charge in [0.15, 0.2) is 0 Å². The fourth-order valence-corrected chi connectivity index (χ4v) is 0. The van der Waals surface area contributed by atoms with Gasteiger partial charge in [-0.05, 0) is 0 Å². The van der Waals surface area contributed by atoms with Gasteiger partial charge in [-0.15, -0.1) is 0 Å². The smallest absolute Gasteiger partial charge is 0.261 e. The normalized spacial score (nSPS) is 0.800. The molecule has 31 valence electrons. The first-order valence-electron chi connectivity index (χ1n) is 0.183. The summed E-state index contributed by atoms with van der Waals surface area (Å²) in [6.45, 7) is 0. The van der Waals surface area contributed by atoms with Crippen molar-refractivity contribution >= 4 is 28.0 Å². The molecule has 0 fully saturated rings. The molecular formula is CoLiNiOP. The van der Waals surface area contributed by atoms with Crippen molar-refractivity contribution in [3.63, 3.8) is 0 Å². The standard InChI is InChI=1S/Co.Li.Ni.OP/c;;;1-2.